The number of ether oxygens (including phenoxy) is 5. The van der Waals surface area contributed by atoms with Crippen LogP contribution in [0, 0.1) is 0 Å². The highest BCUT2D eigenvalue weighted by Gasteiger charge is 2.50. The zero-order chi connectivity index (χ0) is 50.4. The summed E-state index contributed by atoms with van der Waals surface area (Å²) in [5.41, 5.74) is 0. The summed E-state index contributed by atoms with van der Waals surface area (Å²) in [7, 11) is 0. The van der Waals surface area contributed by atoms with E-state index in [0.29, 0.717) is 19.3 Å². The fourth-order valence-corrected chi connectivity index (χ4v) is 9.19. The molecular formula is C57H106O12. The van der Waals surface area contributed by atoms with Gasteiger partial charge in [-0.2, -0.15) is 0 Å². The Labute approximate surface area is 421 Å². The molecule has 6 unspecified atom stereocenters. The van der Waals surface area contributed by atoms with E-state index in [1.807, 2.05) is 0 Å². The van der Waals surface area contributed by atoms with Crippen LogP contribution in [0.3, 0.4) is 0 Å². The molecule has 12 heteroatoms. The molecule has 0 aliphatic carbocycles. The summed E-state index contributed by atoms with van der Waals surface area (Å²) in [6.45, 7) is 6.01. The van der Waals surface area contributed by atoms with Gasteiger partial charge in [-0.1, -0.05) is 252 Å². The van der Waals surface area contributed by atoms with Crippen molar-refractivity contribution in [1.29, 1.82) is 0 Å². The fourth-order valence-electron chi connectivity index (χ4n) is 9.19. The summed E-state index contributed by atoms with van der Waals surface area (Å²) in [5, 5.41) is 31.4. The minimum atomic E-state index is -1.89. The first-order valence-electron chi connectivity index (χ1n) is 29.0. The Morgan fingerprint density at radius 2 is 0.739 bits per heavy atom. The van der Waals surface area contributed by atoms with Gasteiger partial charge in [0.2, 0.25) is 0 Å². The van der Waals surface area contributed by atoms with Gasteiger partial charge in [-0.05, 0) is 19.3 Å². The van der Waals surface area contributed by atoms with Crippen molar-refractivity contribution in [2.24, 2.45) is 0 Å². The number of aliphatic carboxylic acids is 1. The zero-order valence-electron chi connectivity index (χ0n) is 44.6. The molecule has 1 saturated heterocycles. The van der Waals surface area contributed by atoms with Crippen molar-refractivity contribution in [3.63, 3.8) is 0 Å². The highest BCUT2D eigenvalue weighted by Crippen LogP contribution is 2.27. The van der Waals surface area contributed by atoms with Crippen molar-refractivity contribution in [2.45, 2.75) is 327 Å². The average Bonchev–Trinajstić information content (AvgIpc) is 3.33. The smallest absolute Gasteiger partial charge is 0.335 e. The van der Waals surface area contributed by atoms with E-state index in [4.69, 9.17) is 23.7 Å². The third kappa shape index (κ3) is 37.2. The Kier molecular flexibility index (Phi) is 43.9. The van der Waals surface area contributed by atoms with E-state index < -0.39 is 67.3 Å². The van der Waals surface area contributed by atoms with Crippen LogP contribution in [-0.2, 0) is 42.9 Å². The molecule has 0 radical (unpaired) electrons. The molecular weight excluding hydrogens is 877 g/mol. The van der Waals surface area contributed by atoms with Crippen molar-refractivity contribution < 1.29 is 58.2 Å². The van der Waals surface area contributed by atoms with Crippen LogP contribution in [0.4, 0.5) is 0 Å². The fraction of sp³-hybridized carbons (Fsp3) is 0.930. The molecule has 0 aromatic rings. The third-order valence-electron chi connectivity index (χ3n) is 13.7. The minimum absolute atomic E-state index is 0.0706. The van der Waals surface area contributed by atoms with Gasteiger partial charge in [0.1, 0.15) is 18.8 Å². The topological polar surface area (TPSA) is 175 Å². The number of hydrogen-bond acceptors (Lipinski definition) is 11. The van der Waals surface area contributed by atoms with Crippen LogP contribution in [0.2, 0.25) is 0 Å². The largest absolute Gasteiger partial charge is 0.479 e. The lowest BCUT2D eigenvalue weighted by atomic mass is 9.98. The van der Waals surface area contributed by atoms with Gasteiger partial charge in [-0.25, -0.2) is 4.79 Å². The molecule has 1 heterocycles. The number of carboxylic acids is 1. The van der Waals surface area contributed by atoms with Gasteiger partial charge in [0.05, 0.1) is 6.61 Å². The molecule has 69 heavy (non-hydrogen) atoms. The van der Waals surface area contributed by atoms with Crippen LogP contribution in [-0.4, -0.2) is 89.2 Å². The zero-order valence-corrected chi connectivity index (χ0v) is 44.6. The van der Waals surface area contributed by atoms with Crippen molar-refractivity contribution in [3.8, 4) is 0 Å². The quantitative estimate of drug-likeness (QED) is 0.0299. The van der Waals surface area contributed by atoms with E-state index in [1.165, 1.54) is 173 Å². The molecule has 1 aliphatic rings. The van der Waals surface area contributed by atoms with Crippen LogP contribution in [0.5, 0.6) is 0 Å². The molecule has 3 N–H and O–H groups in total. The third-order valence-corrected chi connectivity index (χ3v) is 13.7. The number of esters is 3. The number of aliphatic hydroxyl groups excluding tert-OH is 2. The molecule has 0 spiro atoms. The Balaban J connectivity index is 2.67. The van der Waals surface area contributed by atoms with Crippen LogP contribution in [0.15, 0.2) is 0 Å². The predicted octanol–water partition coefficient (Wildman–Crippen LogP) is 14.3. The number of carboxylic acid groups (broad SMARTS) is 1. The molecule has 1 rings (SSSR count). The maximum absolute atomic E-state index is 13.1. The Morgan fingerprint density at radius 3 is 1.09 bits per heavy atom. The lowest BCUT2D eigenvalue weighted by Gasteiger charge is -2.40. The second-order valence-corrected chi connectivity index (χ2v) is 20.3. The molecule has 1 aliphatic heterocycles. The van der Waals surface area contributed by atoms with Crippen molar-refractivity contribution in [3.05, 3.63) is 0 Å². The van der Waals surface area contributed by atoms with Crippen LogP contribution < -0.4 is 0 Å². The predicted molar refractivity (Wildman–Crippen MR) is 276 cm³/mol. The normalized spacial score (nSPS) is 18.5. The summed E-state index contributed by atoms with van der Waals surface area (Å²) in [6.07, 6.45) is 36.5. The maximum Gasteiger partial charge on any atom is 0.335 e. The first-order valence-corrected chi connectivity index (χ1v) is 29.0. The van der Waals surface area contributed by atoms with Crippen molar-refractivity contribution in [1.82, 2.24) is 0 Å². The second kappa shape index (κ2) is 46.8. The molecule has 0 saturated carbocycles. The lowest BCUT2D eigenvalue weighted by Crippen LogP contribution is -2.61. The Morgan fingerprint density at radius 1 is 0.420 bits per heavy atom. The van der Waals surface area contributed by atoms with Gasteiger partial charge in [0, 0.05) is 19.3 Å². The summed E-state index contributed by atoms with van der Waals surface area (Å²) < 4.78 is 28.4. The number of rotatable bonds is 50. The van der Waals surface area contributed by atoms with Gasteiger partial charge in [0.15, 0.2) is 24.6 Å². The first kappa shape index (κ1) is 64.7. The van der Waals surface area contributed by atoms with Crippen molar-refractivity contribution >= 4 is 23.9 Å². The summed E-state index contributed by atoms with van der Waals surface area (Å²) >= 11 is 0. The minimum Gasteiger partial charge on any atom is -0.479 e. The van der Waals surface area contributed by atoms with E-state index in [1.54, 1.807) is 0 Å². The maximum atomic E-state index is 13.1. The van der Waals surface area contributed by atoms with Crippen molar-refractivity contribution in [2.75, 3.05) is 13.2 Å². The molecule has 1 fully saturated rings. The summed E-state index contributed by atoms with van der Waals surface area (Å²) in [5.74, 6) is -3.07. The molecule has 406 valence electrons. The number of unbranched alkanes of at least 4 members (excludes halogenated alkanes) is 36. The van der Waals surface area contributed by atoms with E-state index in [9.17, 15) is 34.5 Å². The molecule has 0 amide bonds. The number of aliphatic hydroxyl groups is 2. The monoisotopic (exact) mass is 983 g/mol. The molecule has 0 aromatic carbocycles. The van der Waals surface area contributed by atoms with Gasteiger partial charge < -0.3 is 39.0 Å². The molecule has 12 nitrogen and oxygen atoms in total. The van der Waals surface area contributed by atoms with E-state index in [0.717, 1.165) is 57.8 Å². The summed E-state index contributed by atoms with van der Waals surface area (Å²) in [6, 6.07) is 0. The van der Waals surface area contributed by atoms with Crippen LogP contribution in [0.1, 0.15) is 290 Å². The van der Waals surface area contributed by atoms with E-state index >= 15 is 0 Å². The van der Waals surface area contributed by atoms with Crippen LogP contribution >= 0.6 is 0 Å². The average molecular weight is 983 g/mol. The highest BCUT2D eigenvalue weighted by molar-refractivity contribution is 5.74. The Bertz CT molecular complexity index is 1210. The van der Waals surface area contributed by atoms with E-state index in [2.05, 4.69) is 20.8 Å². The molecule has 0 bridgehead atoms. The second-order valence-electron chi connectivity index (χ2n) is 20.3. The summed E-state index contributed by atoms with van der Waals surface area (Å²) in [4.78, 5) is 51.0. The lowest BCUT2D eigenvalue weighted by molar-refractivity contribution is -0.301. The Hall–Kier alpha value is -2.28. The van der Waals surface area contributed by atoms with Gasteiger partial charge in [0.25, 0.3) is 0 Å². The highest BCUT2D eigenvalue weighted by atomic mass is 16.7. The van der Waals surface area contributed by atoms with Gasteiger partial charge in [-0.3, -0.25) is 14.4 Å². The SMILES string of the molecule is CCCCCCCCCCCCCCCCCC(=O)OC1C(OCC(COC(=O)CCCCCCCCCCCCCCC)OC(=O)CCCCCCCCCCCCC)OC(C(=O)O)C(O)C1O. The van der Waals surface area contributed by atoms with Crippen LogP contribution in [0.25, 0.3) is 0 Å². The van der Waals surface area contributed by atoms with Gasteiger partial charge in [-0.15, -0.1) is 0 Å². The van der Waals surface area contributed by atoms with E-state index in [-0.39, 0.29) is 25.9 Å². The molecule has 0 aromatic heterocycles. The first-order chi connectivity index (χ1) is 33.6. The number of hydrogen-bond donors (Lipinski definition) is 3. The standard InChI is InChI=1S/C57H106O12/c1-4-7-10-13-16-19-22-24-25-27-30-33-36-39-42-45-51(60)68-55-53(62)52(61)54(56(63)64)69-57(55)66-47-48(67-50(59)44-41-38-35-32-28-21-18-15-12-9-6-3)46-65-49(58)43-40-37-34-31-29-26-23-20-17-14-11-8-5-2/h48,52-55,57,61-62H,4-47H2,1-3H3,(H,63,64). The molecule has 6 atom stereocenters. The van der Waals surface area contributed by atoms with Gasteiger partial charge >= 0.3 is 23.9 Å². The number of carbonyl (C=O) groups excluding carboxylic acids is 3. The number of carbonyl (C=O) groups is 4.